The van der Waals surface area contributed by atoms with E-state index in [1.54, 1.807) is 7.11 Å². The molecule has 4 rings (SSSR count). The number of benzene rings is 3. The van der Waals surface area contributed by atoms with Crippen molar-refractivity contribution in [3.63, 3.8) is 0 Å². The number of hydrogen-bond acceptors (Lipinski definition) is 4. The molecular formula is C32H42O4Si. The second-order valence-corrected chi connectivity index (χ2v) is 15.7. The highest BCUT2D eigenvalue weighted by atomic mass is 28.4. The average molecular weight is 519 g/mol. The van der Waals surface area contributed by atoms with Crippen LogP contribution in [0.4, 0.5) is 0 Å². The highest BCUT2D eigenvalue weighted by Gasteiger charge is 2.50. The molecule has 4 nitrogen and oxygen atoms in total. The SMILES string of the molecule is COc1ccc(CO[C@](C)(CCCO[Si](c2ccccc2)(c2ccccc2)C(C)(C)C)C[C@H]2CO2)cc1. The van der Waals surface area contributed by atoms with Crippen molar-refractivity contribution in [2.45, 2.75) is 70.3 Å². The third-order valence-corrected chi connectivity index (χ3v) is 12.4. The summed E-state index contributed by atoms with van der Waals surface area (Å²) in [5.41, 5.74) is 0.878. The van der Waals surface area contributed by atoms with E-state index < -0.39 is 8.32 Å². The third kappa shape index (κ3) is 6.91. The molecule has 0 N–H and O–H groups in total. The van der Waals surface area contributed by atoms with Crippen LogP contribution in [0.3, 0.4) is 0 Å². The van der Waals surface area contributed by atoms with E-state index in [1.807, 2.05) is 12.1 Å². The lowest BCUT2D eigenvalue weighted by atomic mass is 9.94. The molecule has 0 saturated carbocycles. The van der Waals surface area contributed by atoms with Crippen LogP contribution >= 0.6 is 0 Å². The summed E-state index contributed by atoms with van der Waals surface area (Å²) >= 11 is 0. The Kier molecular flexibility index (Phi) is 8.91. The van der Waals surface area contributed by atoms with Crippen LogP contribution < -0.4 is 15.1 Å². The van der Waals surface area contributed by atoms with Gasteiger partial charge in [-0.15, -0.1) is 0 Å². The van der Waals surface area contributed by atoms with Gasteiger partial charge >= 0.3 is 0 Å². The van der Waals surface area contributed by atoms with Gasteiger partial charge in [0.1, 0.15) is 5.75 Å². The molecule has 0 bridgehead atoms. The van der Waals surface area contributed by atoms with Gasteiger partial charge in [-0.3, -0.25) is 0 Å². The fourth-order valence-corrected chi connectivity index (χ4v) is 9.92. The molecule has 1 fully saturated rings. The summed E-state index contributed by atoms with van der Waals surface area (Å²) in [5, 5.41) is 2.61. The molecule has 1 saturated heterocycles. The highest BCUT2D eigenvalue weighted by molar-refractivity contribution is 6.99. The molecular weight excluding hydrogens is 476 g/mol. The normalized spacial score (nSPS) is 17.3. The predicted molar refractivity (Wildman–Crippen MR) is 153 cm³/mol. The zero-order valence-corrected chi connectivity index (χ0v) is 24.0. The molecule has 2 atom stereocenters. The maximum absolute atomic E-state index is 7.11. The number of ether oxygens (including phenoxy) is 3. The average Bonchev–Trinajstić information content (AvgIpc) is 3.72. The summed E-state index contributed by atoms with van der Waals surface area (Å²) in [6.07, 6.45) is 3.05. The quantitative estimate of drug-likeness (QED) is 0.155. The van der Waals surface area contributed by atoms with E-state index in [-0.39, 0.29) is 10.6 Å². The summed E-state index contributed by atoms with van der Waals surface area (Å²) < 4.78 is 24.5. The molecule has 0 spiro atoms. The van der Waals surface area contributed by atoms with Gasteiger partial charge < -0.3 is 18.6 Å². The van der Waals surface area contributed by atoms with Gasteiger partial charge in [0.05, 0.1) is 32.0 Å². The molecule has 1 aliphatic rings. The van der Waals surface area contributed by atoms with Gasteiger partial charge in [0.2, 0.25) is 0 Å². The maximum atomic E-state index is 7.11. The zero-order valence-electron chi connectivity index (χ0n) is 23.0. The van der Waals surface area contributed by atoms with Crippen LogP contribution in [0.2, 0.25) is 5.04 Å². The van der Waals surface area contributed by atoms with Gasteiger partial charge in [-0.1, -0.05) is 93.6 Å². The Balaban J connectivity index is 1.47. The predicted octanol–water partition coefficient (Wildman–Crippen LogP) is 6.12. The van der Waals surface area contributed by atoms with E-state index in [4.69, 9.17) is 18.6 Å². The fraction of sp³-hybridized carbons (Fsp3) is 0.438. The molecule has 5 heteroatoms. The lowest BCUT2D eigenvalue weighted by molar-refractivity contribution is -0.0612. The van der Waals surface area contributed by atoms with Crippen LogP contribution in [0.25, 0.3) is 0 Å². The van der Waals surface area contributed by atoms with Gasteiger partial charge in [-0.05, 0) is 52.9 Å². The number of hydrogen-bond donors (Lipinski definition) is 0. The van der Waals surface area contributed by atoms with Gasteiger partial charge in [0.25, 0.3) is 8.32 Å². The van der Waals surface area contributed by atoms with Crippen LogP contribution in [0.15, 0.2) is 84.9 Å². The topological polar surface area (TPSA) is 40.2 Å². The third-order valence-electron chi connectivity index (χ3n) is 7.39. The molecule has 3 aromatic rings. The molecule has 0 radical (unpaired) electrons. The first-order valence-corrected chi connectivity index (χ1v) is 15.3. The van der Waals surface area contributed by atoms with Gasteiger partial charge in [0, 0.05) is 13.0 Å². The second-order valence-electron chi connectivity index (χ2n) is 11.4. The Labute approximate surface area is 224 Å². The minimum Gasteiger partial charge on any atom is -0.497 e. The summed E-state index contributed by atoms with van der Waals surface area (Å²) in [6, 6.07) is 29.8. The first kappa shape index (κ1) is 27.6. The van der Waals surface area contributed by atoms with Crippen molar-refractivity contribution < 1.29 is 18.6 Å². The summed E-state index contributed by atoms with van der Waals surface area (Å²) in [7, 11) is -0.835. The fourth-order valence-electron chi connectivity index (χ4n) is 5.31. The van der Waals surface area contributed by atoms with Crippen LogP contribution in [0.5, 0.6) is 5.75 Å². The molecule has 37 heavy (non-hydrogen) atoms. The Morgan fingerprint density at radius 1 is 0.838 bits per heavy atom. The largest absolute Gasteiger partial charge is 0.497 e. The molecule has 0 aromatic heterocycles. The van der Waals surface area contributed by atoms with Crippen molar-refractivity contribution >= 4 is 18.7 Å². The zero-order chi connectivity index (χ0) is 26.4. The van der Waals surface area contributed by atoms with E-state index in [0.29, 0.717) is 19.3 Å². The van der Waals surface area contributed by atoms with Crippen molar-refractivity contribution in [3.8, 4) is 5.75 Å². The van der Waals surface area contributed by atoms with E-state index >= 15 is 0 Å². The molecule has 198 valence electrons. The Bertz CT molecular complexity index is 1050. The van der Waals surface area contributed by atoms with Crippen LogP contribution in [-0.2, 0) is 20.5 Å². The standard InChI is InChI=1S/C32H42O4Si/c1-31(2,3)37(29-13-8-6-9-14-29,30-15-10-7-11-16-30)36-22-12-21-32(4,23-28-25-34-28)35-24-26-17-19-27(33-5)20-18-26/h6-11,13-20,28H,12,21-25H2,1-5H3/t28-,32+/m0/s1. The Hall–Kier alpha value is -2.44. The van der Waals surface area contributed by atoms with Crippen molar-refractivity contribution in [2.24, 2.45) is 0 Å². The molecule has 0 aliphatic carbocycles. The minimum atomic E-state index is -2.52. The van der Waals surface area contributed by atoms with Crippen LogP contribution in [0, 0.1) is 0 Å². The first-order chi connectivity index (χ1) is 17.8. The van der Waals surface area contributed by atoms with Crippen molar-refractivity contribution in [3.05, 3.63) is 90.5 Å². The first-order valence-electron chi connectivity index (χ1n) is 13.4. The molecule has 0 unspecified atom stereocenters. The number of epoxide rings is 1. The van der Waals surface area contributed by atoms with E-state index in [0.717, 1.165) is 37.2 Å². The summed E-state index contributed by atoms with van der Waals surface area (Å²) in [6.45, 7) is 11.3. The molecule has 3 aromatic carbocycles. The van der Waals surface area contributed by atoms with E-state index in [1.165, 1.54) is 10.4 Å². The van der Waals surface area contributed by atoms with Crippen molar-refractivity contribution in [1.82, 2.24) is 0 Å². The number of methoxy groups -OCH3 is 1. The van der Waals surface area contributed by atoms with Gasteiger partial charge in [-0.2, -0.15) is 0 Å². The van der Waals surface area contributed by atoms with Crippen molar-refractivity contribution in [1.29, 1.82) is 0 Å². The minimum absolute atomic E-state index is 0.0221. The van der Waals surface area contributed by atoms with Crippen LogP contribution in [0.1, 0.15) is 52.5 Å². The summed E-state index contributed by atoms with van der Waals surface area (Å²) in [5.74, 6) is 0.860. The van der Waals surface area contributed by atoms with Gasteiger partial charge in [-0.25, -0.2) is 0 Å². The van der Waals surface area contributed by atoms with E-state index in [9.17, 15) is 0 Å². The smallest absolute Gasteiger partial charge is 0.261 e. The Morgan fingerprint density at radius 2 is 1.41 bits per heavy atom. The van der Waals surface area contributed by atoms with E-state index in [2.05, 4.69) is 100 Å². The van der Waals surface area contributed by atoms with Crippen LogP contribution in [-0.4, -0.2) is 40.3 Å². The molecule has 0 amide bonds. The summed E-state index contributed by atoms with van der Waals surface area (Å²) in [4.78, 5) is 0. The number of rotatable bonds is 13. The lowest BCUT2D eigenvalue weighted by Crippen LogP contribution is -2.66. The highest BCUT2D eigenvalue weighted by Crippen LogP contribution is 2.37. The maximum Gasteiger partial charge on any atom is 0.261 e. The Morgan fingerprint density at radius 3 is 1.89 bits per heavy atom. The lowest BCUT2D eigenvalue weighted by Gasteiger charge is -2.43. The second kappa shape index (κ2) is 12.0. The molecule has 1 aliphatic heterocycles. The molecule has 1 heterocycles. The van der Waals surface area contributed by atoms with Gasteiger partial charge in [0.15, 0.2) is 0 Å². The monoisotopic (exact) mass is 518 g/mol. The van der Waals surface area contributed by atoms with Crippen molar-refractivity contribution in [2.75, 3.05) is 20.3 Å².